The molecule has 1 aromatic heterocycles. The molecule has 1 fully saturated rings. The number of amides is 1. The first-order valence-corrected chi connectivity index (χ1v) is 7.08. The van der Waals surface area contributed by atoms with E-state index in [9.17, 15) is 4.79 Å². The van der Waals surface area contributed by atoms with E-state index in [0.29, 0.717) is 25.0 Å². The molecule has 1 aliphatic heterocycles. The predicted molar refractivity (Wildman–Crippen MR) is 78.2 cm³/mol. The van der Waals surface area contributed by atoms with E-state index in [2.05, 4.69) is 15.0 Å². The van der Waals surface area contributed by atoms with Crippen molar-refractivity contribution in [1.82, 2.24) is 19.9 Å². The van der Waals surface area contributed by atoms with Gasteiger partial charge in [0.2, 0.25) is 23.1 Å². The molecule has 2 rings (SSSR count). The van der Waals surface area contributed by atoms with Gasteiger partial charge in [0, 0.05) is 33.2 Å². The van der Waals surface area contributed by atoms with Crippen molar-refractivity contribution in [3.05, 3.63) is 5.28 Å². The second-order valence-corrected chi connectivity index (χ2v) is 4.95. The van der Waals surface area contributed by atoms with E-state index in [1.165, 1.54) is 0 Å². The zero-order valence-electron chi connectivity index (χ0n) is 12.0. The van der Waals surface area contributed by atoms with Crippen LogP contribution >= 0.6 is 11.6 Å². The summed E-state index contributed by atoms with van der Waals surface area (Å²) in [6.07, 6.45) is 0. The molecule has 0 saturated carbocycles. The Kier molecular flexibility index (Phi) is 4.59. The van der Waals surface area contributed by atoms with Gasteiger partial charge in [-0.05, 0) is 25.4 Å². The van der Waals surface area contributed by atoms with E-state index in [4.69, 9.17) is 11.6 Å². The van der Waals surface area contributed by atoms with Crippen molar-refractivity contribution in [2.24, 2.45) is 0 Å². The Balaban J connectivity index is 2.26. The maximum atomic E-state index is 11.8. The third-order valence-electron chi connectivity index (χ3n) is 3.37. The largest absolute Gasteiger partial charge is 0.342 e. The molecule has 0 aliphatic carbocycles. The van der Waals surface area contributed by atoms with Crippen molar-refractivity contribution in [1.29, 1.82) is 0 Å². The Morgan fingerprint density at radius 1 is 1.20 bits per heavy atom. The molecule has 20 heavy (non-hydrogen) atoms. The second kappa shape index (κ2) is 6.21. The van der Waals surface area contributed by atoms with Crippen LogP contribution in [-0.4, -0.2) is 65.5 Å². The van der Waals surface area contributed by atoms with Crippen molar-refractivity contribution >= 4 is 29.4 Å². The van der Waals surface area contributed by atoms with Gasteiger partial charge in [-0.25, -0.2) is 0 Å². The summed E-state index contributed by atoms with van der Waals surface area (Å²) < 4.78 is 0. The summed E-state index contributed by atoms with van der Waals surface area (Å²) in [5.74, 6) is 1.07. The fraction of sp³-hybridized carbons (Fsp3) is 0.667. The molecule has 0 radical (unpaired) electrons. The number of carbonyl (C=O) groups is 1. The Morgan fingerprint density at radius 2 is 1.90 bits per heavy atom. The Hall–Kier alpha value is -1.63. The van der Waals surface area contributed by atoms with Crippen LogP contribution in [0.2, 0.25) is 5.28 Å². The highest BCUT2D eigenvalue weighted by atomic mass is 35.5. The average Bonchev–Trinajstić information content (AvgIpc) is 2.42. The molecule has 1 saturated heterocycles. The third kappa shape index (κ3) is 3.09. The Morgan fingerprint density at radius 3 is 2.50 bits per heavy atom. The van der Waals surface area contributed by atoms with Crippen LogP contribution in [0.4, 0.5) is 11.9 Å². The first-order chi connectivity index (χ1) is 9.55. The SMILES string of the molecule is CCN(CC)c1nc(Cl)nc(N2CCN(C)C(=O)C2)n1. The highest BCUT2D eigenvalue weighted by Crippen LogP contribution is 2.18. The monoisotopic (exact) mass is 298 g/mol. The molecule has 0 atom stereocenters. The van der Waals surface area contributed by atoms with E-state index >= 15 is 0 Å². The van der Waals surface area contributed by atoms with Gasteiger partial charge in [-0.2, -0.15) is 15.0 Å². The molecule has 8 heteroatoms. The van der Waals surface area contributed by atoms with Crippen LogP contribution in [0, 0.1) is 0 Å². The minimum Gasteiger partial charge on any atom is -0.342 e. The fourth-order valence-corrected chi connectivity index (χ4v) is 2.20. The van der Waals surface area contributed by atoms with Gasteiger partial charge in [0.25, 0.3) is 0 Å². The lowest BCUT2D eigenvalue weighted by molar-refractivity contribution is -0.129. The number of carbonyl (C=O) groups excluding carboxylic acids is 1. The second-order valence-electron chi connectivity index (χ2n) is 4.61. The molecule has 1 aromatic rings. The lowest BCUT2D eigenvalue weighted by Gasteiger charge is -2.32. The molecule has 2 heterocycles. The summed E-state index contributed by atoms with van der Waals surface area (Å²) in [7, 11) is 1.79. The van der Waals surface area contributed by atoms with Crippen molar-refractivity contribution in [2.45, 2.75) is 13.8 Å². The molecule has 1 amide bonds. The summed E-state index contributed by atoms with van der Waals surface area (Å²) in [6, 6.07) is 0. The van der Waals surface area contributed by atoms with Crippen molar-refractivity contribution in [2.75, 3.05) is 49.6 Å². The number of halogens is 1. The predicted octanol–water partition coefficient (Wildman–Crippen LogP) is 0.650. The van der Waals surface area contributed by atoms with Gasteiger partial charge in [-0.15, -0.1) is 0 Å². The van der Waals surface area contributed by atoms with Gasteiger partial charge < -0.3 is 14.7 Å². The van der Waals surface area contributed by atoms with E-state index in [1.807, 2.05) is 23.6 Å². The molecule has 110 valence electrons. The van der Waals surface area contributed by atoms with Crippen molar-refractivity contribution in [3.63, 3.8) is 0 Å². The molecule has 0 N–H and O–H groups in total. The van der Waals surface area contributed by atoms with E-state index in [0.717, 1.165) is 13.1 Å². The van der Waals surface area contributed by atoms with Crippen LogP contribution in [-0.2, 0) is 4.79 Å². The van der Waals surface area contributed by atoms with Crippen molar-refractivity contribution in [3.8, 4) is 0 Å². The maximum absolute atomic E-state index is 11.8. The average molecular weight is 299 g/mol. The van der Waals surface area contributed by atoms with Crippen molar-refractivity contribution < 1.29 is 4.79 Å². The number of hydrogen-bond donors (Lipinski definition) is 0. The highest BCUT2D eigenvalue weighted by molar-refractivity contribution is 6.28. The smallest absolute Gasteiger partial charge is 0.242 e. The normalized spacial score (nSPS) is 15.7. The molecule has 0 bridgehead atoms. The number of anilines is 2. The lowest BCUT2D eigenvalue weighted by atomic mass is 10.3. The first-order valence-electron chi connectivity index (χ1n) is 6.70. The van der Waals surface area contributed by atoms with Gasteiger partial charge in [-0.1, -0.05) is 0 Å². The zero-order valence-corrected chi connectivity index (χ0v) is 12.8. The van der Waals surface area contributed by atoms with E-state index < -0.39 is 0 Å². The summed E-state index contributed by atoms with van der Waals surface area (Å²) in [6.45, 7) is 7.26. The van der Waals surface area contributed by atoms with Gasteiger partial charge in [-0.3, -0.25) is 4.79 Å². The first kappa shape index (κ1) is 14.8. The third-order valence-corrected chi connectivity index (χ3v) is 3.54. The van der Waals surface area contributed by atoms with E-state index in [-0.39, 0.29) is 17.7 Å². The number of piperazine rings is 1. The molecule has 0 aromatic carbocycles. The molecular formula is C12H19ClN6O. The quantitative estimate of drug-likeness (QED) is 0.813. The summed E-state index contributed by atoms with van der Waals surface area (Å²) in [4.78, 5) is 30.0. The molecule has 0 spiro atoms. The van der Waals surface area contributed by atoms with Gasteiger partial charge >= 0.3 is 0 Å². The van der Waals surface area contributed by atoms with Crippen LogP contribution in [0.15, 0.2) is 0 Å². The number of rotatable bonds is 4. The molecule has 7 nitrogen and oxygen atoms in total. The van der Waals surface area contributed by atoms with Gasteiger partial charge in [0.15, 0.2) is 0 Å². The Labute approximate surface area is 123 Å². The summed E-state index contributed by atoms with van der Waals surface area (Å²) in [5, 5.41) is 0.156. The molecular weight excluding hydrogens is 280 g/mol. The number of aromatic nitrogens is 3. The van der Waals surface area contributed by atoms with Crippen LogP contribution < -0.4 is 9.80 Å². The molecule has 1 aliphatic rings. The number of likely N-dealkylation sites (N-methyl/N-ethyl adjacent to an activating group) is 1. The standard InChI is InChI=1S/C12H19ClN6O/c1-4-18(5-2)11-14-10(13)15-12(16-11)19-7-6-17(3)9(20)8-19/h4-8H2,1-3H3. The minimum atomic E-state index is 0.0529. The maximum Gasteiger partial charge on any atom is 0.242 e. The van der Waals surface area contributed by atoms with E-state index in [1.54, 1.807) is 11.9 Å². The lowest BCUT2D eigenvalue weighted by Crippen LogP contribution is -2.49. The van der Waals surface area contributed by atoms with Crippen LogP contribution in [0.3, 0.4) is 0 Å². The number of hydrogen-bond acceptors (Lipinski definition) is 6. The molecule has 0 unspecified atom stereocenters. The van der Waals surface area contributed by atoms with Gasteiger partial charge in [0.05, 0.1) is 6.54 Å². The zero-order chi connectivity index (χ0) is 14.7. The highest BCUT2D eigenvalue weighted by Gasteiger charge is 2.24. The van der Waals surface area contributed by atoms with Crippen LogP contribution in [0.1, 0.15) is 13.8 Å². The topological polar surface area (TPSA) is 65.5 Å². The summed E-state index contributed by atoms with van der Waals surface area (Å²) in [5.41, 5.74) is 0. The summed E-state index contributed by atoms with van der Waals surface area (Å²) >= 11 is 5.98. The van der Waals surface area contributed by atoms with Gasteiger partial charge in [0.1, 0.15) is 0 Å². The minimum absolute atomic E-state index is 0.0529. The number of nitrogens with zero attached hydrogens (tertiary/aromatic N) is 6. The fourth-order valence-electron chi connectivity index (χ4n) is 2.05. The Bertz CT molecular complexity index is 493. The van der Waals surface area contributed by atoms with Crippen LogP contribution in [0.5, 0.6) is 0 Å². The van der Waals surface area contributed by atoms with Crippen LogP contribution in [0.25, 0.3) is 0 Å².